The van der Waals surface area contributed by atoms with E-state index in [1.807, 2.05) is 102 Å². The second-order valence-electron chi connectivity index (χ2n) is 12.6. The van der Waals surface area contributed by atoms with Gasteiger partial charge in [-0.25, -0.2) is 19.9 Å². The molecule has 278 valence electrons. The molecular weight excluding hydrogens is 667 g/mol. The Kier molecular flexibility index (Phi) is 13.2. The van der Waals surface area contributed by atoms with Crippen LogP contribution in [-0.2, 0) is 0 Å². The summed E-state index contributed by atoms with van der Waals surface area (Å²) in [4.78, 5) is 20.2. The third kappa shape index (κ3) is 9.81. The van der Waals surface area contributed by atoms with Gasteiger partial charge < -0.3 is 34.9 Å². The van der Waals surface area contributed by atoms with Crippen LogP contribution in [0, 0.1) is 27.7 Å². The summed E-state index contributed by atoms with van der Waals surface area (Å²) in [5.74, 6) is 2.75. The van der Waals surface area contributed by atoms with Crippen molar-refractivity contribution < 1.29 is 19.3 Å². The second kappa shape index (κ2) is 18.2. The fraction of sp³-hybridized carbons (Fsp3) is 0.333. The summed E-state index contributed by atoms with van der Waals surface area (Å²) in [5, 5.41) is 18.6. The molecule has 0 aliphatic heterocycles. The van der Waals surface area contributed by atoms with E-state index in [1.54, 1.807) is 12.4 Å². The molecule has 0 amide bonds. The van der Waals surface area contributed by atoms with Crippen molar-refractivity contribution in [2.24, 2.45) is 0 Å². The molecule has 6 rings (SSSR count). The Morgan fingerprint density at radius 3 is 1.58 bits per heavy atom. The van der Waals surface area contributed by atoms with Crippen molar-refractivity contribution in [3.05, 3.63) is 95.6 Å². The van der Waals surface area contributed by atoms with Crippen LogP contribution < -0.4 is 24.8 Å². The number of aromatic hydroxyl groups is 1. The van der Waals surface area contributed by atoms with E-state index in [9.17, 15) is 5.11 Å². The highest BCUT2D eigenvalue weighted by molar-refractivity contribution is 5.93. The maximum absolute atomic E-state index is 9.93. The van der Waals surface area contributed by atoms with Crippen molar-refractivity contribution in [1.82, 2.24) is 24.8 Å². The summed E-state index contributed by atoms with van der Waals surface area (Å²) in [7, 11) is 0. The molecule has 2 aromatic carbocycles. The topological polar surface area (TPSA) is 127 Å². The van der Waals surface area contributed by atoms with E-state index < -0.39 is 0 Å². The van der Waals surface area contributed by atoms with Gasteiger partial charge in [0.25, 0.3) is 0 Å². The lowest BCUT2D eigenvalue weighted by atomic mass is 10.1. The number of aryl methyl sites for hydroxylation is 4. The first-order valence-electron chi connectivity index (χ1n) is 18.2. The molecule has 0 spiro atoms. The van der Waals surface area contributed by atoms with Gasteiger partial charge in [0.15, 0.2) is 11.3 Å². The van der Waals surface area contributed by atoms with Gasteiger partial charge in [-0.05, 0) is 126 Å². The van der Waals surface area contributed by atoms with Gasteiger partial charge in [-0.2, -0.15) is 0 Å². The summed E-state index contributed by atoms with van der Waals surface area (Å²) in [6.45, 7) is 20.8. The lowest BCUT2D eigenvalue weighted by Gasteiger charge is -2.18. The third-order valence-corrected chi connectivity index (χ3v) is 8.82. The van der Waals surface area contributed by atoms with E-state index >= 15 is 0 Å². The SMILES string of the molecule is CCOc1cc2c(Nc3cc(C)c(O)c(C)c3)ccnc2nc1C.CCOc1cc2c(Nc3ccc(OCCN(CC)CC)cc3)ccnc2nc1C. The third-order valence-electron chi connectivity index (χ3n) is 8.82. The van der Waals surface area contributed by atoms with Crippen LogP contribution >= 0.6 is 0 Å². The Bertz CT molecular complexity index is 2110. The standard InChI is InChI=1S/C23H30N4O2.C19H21N3O2/c1-5-27(6-2)14-15-29-19-10-8-18(9-11-19)26-21-12-13-24-23-20(21)16-22(28-7-3)17(4)25-23;1-5-24-17-10-15-16(6-7-20-19(15)21-13(17)4)22-14-8-11(2)18(23)12(3)9-14/h8-13,16H,5-7,14-15H2,1-4H3,(H,24,25,26);6-10,23H,5H2,1-4H3,(H,20,21,22). The molecule has 0 radical (unpaired) electrons. The average molecular weight is 718 g/mol. The van der Waals surface area contributed by atoms with Gasteiger partial charge in [0.05, 0.1) is 36.0 Å². The van der Waals surface area contributed by atoms with Gasteiger partial charge in [-0.15, -0.1) is 0 Å². The first-order valence-corrected chi connectivity index (χ1v) is 18.2. The summed E-state index contributed by atoms with van der Waals surface area (Å²) in [6, 6.07) is 19.7. The quantitative estimate of drug-likeness (QED) is 0.0934. The molecule has 3 N–H and O–H groups in total. The first kappa shape index (κ1) is 38.5. The lowest BCUT2D eigenvalue weighted by molar-refractivity contribution is 0.223. The van der Waals surface area contributed by atoms with E-state index in [-0.39, 0.29) is 0 Å². The molecule has 11 heteroatoms. The highest BCUT2D eigenvalue weighted by Gasteiger charge is 2.12. The number of hydrogen-bond donors (Lipinski definition) is 3. The molecule has 4 aromatic heterocycles. The number of pyridine rings is 4. The zero-order valence-corrected chi connectivity index (χ0v) is 32.1. The van der Waals surface area contributed by atoms with Crippen LogP contribution in [0.3, 0.4) is 0 Å². The Hall–Kier alpha value is -5.68. The monoisotopic (exact) mass is 717 g/mol. The Morgan fingerprint density at radius 1 is 0.623 bits per heavy atom. The van der Waals surface area contributed by atoms with Crippen molar-refractivity contribution in [1.29, 1.82) is 0 Å². The van der Waals surface area contributed by atoms with Crippen LogP contribution in [0.15, 0.2) is 73.1 Å². The molecule has 0 saturated carbocycles. The van der Waals surface area contributed by atoms with Crippen molar-refractivity contribution in [2.45, 2.75) is 55.4 Å². The molecule has 0 aliphatic rings. The summed E-state index contributed by atoms with van der Waals surface area (Å²) < 4.78 is 17.2. The largest absolute Gasteiger partial charge is 0.507 e. The van der Waals surface area contributed by atoms with Crippen LogP contribution in [0.1, 0.15) is 50.2 Å². The Morgan fingerprint density at radius 2 is 1.11 bits per heavy atom. The zero-order chi connectivity index (χ0) is 37.9. The van der Waals surface area contributed by atoms with Crippen molar-refractivity contribution in [3.63, 3.8) is 0 Å². The van der Waals surface area contributed by atoms with Crippen LogP contribution in [0.25, 0.3) is 22.1 Å². The van der Waals surface area contributed by atoms with E-state index in [2.05, 4.69) is 49.3 Å². The minimum atomic E-state index is 0.330. The van der Waals surface area contributed by atoms with Gasteiger partial charge in [0, 0.05) is 41.1 Å². The maximum atomic E-state index is 9.93. The molecule has 53 heavy (non-hydrogen) atoms. The fourth-order valence-electron chi connectivity index (χ4n) is 5.91. The average Bonchev–Trinajstić information content (AvgIpc) is 3.15. The Balaban J connectivity index is 0.000000208. The lowest BCUT2D eigenvalue weighted by Crippen LogP contribution is -2.27. The molecule has 11 nitrogen and oxygen atoms in total. The van der Waals surface area contributed by atoms with Crippen LogP contribution in [0.5, 0.6) is 23.0 Å². The van der Waals surface area contributed by atoms with Crippen molar-refractivity contribution in [2.75, 3.05) is 50.1 Å². The number of benzene rings is 2. The molecule has 0 bridgehead atoms. The number of ether oxygens (including phenoxy) is 3. The molecule has 6 aromatic rings. The van der Waals surface area contributed by atoms with E-state index in [4.69, 9.17) is 14.2 Å². The van der Waals surface area contributed by atoms with Gasteiger partial charge in [-0.1, -0.05) is 13.8 Å². The number of phenols is 1. The number of nitrogens with one attached hydrogen (secondary N) is 2. The van der Waals surface area contributed by atoms with Gasteiger partial charge in [0.2, 0.25) is 0 Å². The van der Waals surface area contributed by atoms with E-state index in [0.717, 1.165) is 92.9 Å². The van der Waals surface area contributed by atoms with Crippen LogP contribution in [0.2, 0.25) is 0 Å². The van der Waals surface area contributed by atoms with Crippen molar-refractivity contribution >= 4 is 44.8 Å². The second-order valence-corrected chi connectivity index (χ2v) is 12.6. The number of hydrogen-bond acceptors (Lipinski definition) is 11. The molecule has 4 heterocycles. The predicted octanol–water partition coefficient (Wildman–Crippen LogP) is 9.20. The highest BCUT2D eigenvalue weighted by Crippen LogP contribution is 2.32. The Labute approximate surface area is 312 Å². The number of phenolic OH excluding ortho intramolecular Hbond substituents is 1. The number of fused-ring (bicyclic) bond motifs is 2. The van der Waals surface area contributed by atoms with Gasteiger partial charge >= 0.3 is 0 Å². The van der Waals surface area contributed by atoms with E-state index in [1.165, 1.54) is 0 Å². The first-order chi connectivity index (χ1) is 25.6. The zero-order valence-electron chi connectivity index (χ0n) is 32.1. The van der Waals surface area contributed by atoms with E-state index in [0.29, 0.717) is 36.9 Å². The number of rotatable bonds is 14. The molecule has 0 atom stereocenters. The van der Waals surface area contributed by atoms with Crippen LogP contribution in [0.4, 0.5) is 22.7 Å². The minimum Gasteiger partial charge on any atom is -0.507 e. The summed E-state index contributed by atoms with van der Waals surface area (Å²) in [6.07, 6.45) is 3.50. The number of likely N-dealkylation sites (N-methyl/N-ethyl adjacent to an activating group) is 1. The number of aromatic nitrogens is 4. The summed E-state index contributed by atoms with van der Waals surface area (Å²) in [5.41, 5.74) is 8.44. The van der Waals surface area contributed by atoms with Gasteiger partial charge in [-0.3, -0.25) is 0 Å². The maximum Gasteiger partial charge on any atom is 0.161 e. The minimum absolute atomic E-state index is 0.330. The number of anilines is 4. The molecule has 0 aliphatic carbocycles. The normalized spacial score (nSPS) is 11.0. The molecule has 0 fully saturated rings. The molecule has 0 saturated heterocycles. The smallest absolute Gasteiger partial charge is 0.161 e. The van der Waals surface area contributed by atoms with Gasteiger partial charge in [0.1, 0.15) is 29.6 Å². The van der Waals surface area contributed by atoms with Crippen LogP contribution in [-0.4, -0.2) is 69.4 Å². The predicted molar refractivity (Wildman–Crippen MR) is 215 cm³/mol. The summed E-state index contributed by atoms with van der Waals surface area (Å²) >= 11 is 0. The highest BCUT2D eigenvalue weighted by atomic mass is 16.5. The fourth-order valence-corrected chi connectivity index (χ4v) is 5.91. The number of nitrogens with zero attached hydrogens (tertiary/aromatic N) is 5. The molecule has 0 unspecified atom stereocenters. The van der Waals surface area contributed by atoms with Crippen molar-refractivity contribution in [3.8, 4) is 23.0 Å². The molecular formula is C42H51N7O4.